The molecule has 0 aromatic heterocycles. The number of carbonyl (C=O) groups excluding carboxylic acids is 1. The van der Waals surface area contributed by atoms with Crippen LogP contribution in [0.15, 0.2) is 0 Å². The maximum atomic E-state index is 12.1. The third kappa shape index (κ3) is 5.64. The summed E-state index contributed by atoms with van der Waals surface area (Å²) in [6.07, 6.45) is 7.01. The highest BCUT2D eigenvalue weighted by Gasteiger charge is 2.31. The quantitative estimate of drug-likeness (QED) is 0.727. The summed E-state index contributed by atoms with van der Waals surface area (Å²) in [7, 11) is 0. The Kier molecular flexibility index (Phi) is 6.72. The lowest BCUT2D eigenvalue weighted by Crippen LogP contribution is -2.56. The number of nitrogens with one attached hydrogen (secondary N) is 2. The SMILES string of the molecule is CCC1CCCN(C(C)(C)CNC(=O)NC2CCC(O)CC2)C1. The second-order valence-corrected chi connectivity index (χ2v) is 8.01. The summed E-state index contributed by atoms with van der Waals surface area (Å²) in [5.74, 6) is 0.797. The molecule has 5 nitrogen and oxygen atoms in total. The van der Waals surface area contributed by atoms with Gasteiger partial charge in [-0.25, -0.2) is 4.79 Å². The van der Waals surface area contributed by atoms with Gasteiger partial charge in [0.2, 0.25) is 0 Å². The van der Waals surface area contributed by atoms with Crippen LogP contribution in [0, 0.1) is 5.92 Å². The number of rotatable bonds is 5. The van der Waals surface area contributed by atoms with Crippen LogP contribution in [0.3, 0.4) is 0 Å². The number of hydrogen-bond acceptors (Lipinski definition) is 3. The Balaban J connectivity index is 1.73. The summed E-state index contributed by atoms with van der Waals surface area (Å²) in [6, 6.07) is 0.143. The molecule has 1 saturated carbocycles. The fraction of sp³-hybridized carbons (Fsp3) is 0.944. The second-order valence-electron chi connectivity index (χ2n) is 8.01. The van der Waals surface area contributed by atoms with Crippen molar-refractivity contribution in [3.05, 3.63) is 0 Å². The molecule has 3 N–H and O–H groups in total. The Bertz CT molecular complexity index is 378. The maximum absolute atomic E-state index is 12.1. The molecule has 134 valence electrons. The zero-order chi connectivity index (χ0) is 16.9. The maximum Gasteiger partial charge on any atom is 0.315 e. The number of likely N-dealkylation sites (tertiary alicyclic amines) is 1. The van der Waals surface area contributed by atoms with Crippen LogP contribution in [-0.2, 0) is 0 Å². The van der Waals surface area contributed by atoms with Crippen LogP contribution in [0.1, 0.15) is 65.7 Å². The third-order valence-electron chi connectivity index (χ3n) is 5.67. The zero-order valence-corrected chi connectivity index (χ0v) is 15.1. The van der Waals surface area contributed by atoms with Crippen molar-refractivity contribution >= 4 is 6.03 Å². The van der Waals surface area contributed by atoms with Crippen molar-refractivity contribution in [1.29, 1.82) is 0 Å². The van der Waals surface area contributed by atoms with Gasteiger partial charge in [-0.15, -0.1) is 0 Å². The lowest BCUT2D eigenvalue weighted by molar-refractivity contribution is 0.0662. The molecular formula is C18H35N3O2. The van der Waals surface area contributed by atoms with Crippen molar-refractivity contribution in [2.45, 2.75) is 83.4 Å². The molecule has 2 amide bonds. The minimum atomic E-state index is -0.180. The Morgan fingerprint density at radius 2 is 1.91 bits per heavy atom. The van der Waals surface area contributed by atoms with E-state index in [1.807, 2.05) is 0 Å². The Morgan fingerprint density at radius 3 is 2.57 bits per heavy atom. The number of aliphatic hydroxyl groups excluding tert-OH is 1. The second kappa shape index (κ2) is 8.34. The summed E-state index contributed by atoms with van der Waals surface area (Å²) in [5.41, 5.74) is -0.00601. The van der Waals surface area contributed by atoms with Crippen molar-refractivity contribution in [2.24, 2.45) is 5.92 Å². The average Bonchev–Trinajstić information content (AvgIpc) is 2.55. The molecule has 2 fully saturated rings. The molecule has 1 saturated heterocycles. The number of amides is 2. The van der Waals surface area contributed by atoms with E-state index < -0.39 is 0 Å². The third-order valence-corrected chi connectivity index (χ3v) is 5.67. The van der Waals surface area contributed by atoms with E-state index in [0.717, 1.165) is 44.7 Å². The van der Waals surface area contributed by atoms with E-state index in [-0.39, 0.29) is 23.7 Å². The number of urea groups is 1. The van der Waals surface area contributed by atoms with E-state index in [0.29, 0.717) is 6.54 Å². The molecule has 2 aliphatic rings. The monoisotopic (exact) mass is 325 g/mol. The van der Waals surface area contributed by atoms with Crippen LogP contribution in [0.4, 0.5) is 4.79 Å². The van der Waals surface area contributed by atoms with Gasteiger partial charge in [-0.05, 0) is 64.8 Å². The van der Waals surface area contributed by atoms with Crippen LogP contribution in [-0.4, -0.2) is 53.4 Å². The number of carbonyl (C=O) groups is 1. The predicted octanol–water partition coefficient (Wildman–Crippen LogP) is 2.49. The van der Waals surface area contributed by atoms with Gasteiger partial charge in [0.15, 0.2) is 0 Å². The molecule has 1 aliphatic carbocycles. The lowest BCUT2D eigenvalue weighted by Gasteiger charge is -2.43. The topological polar surface area (TPSA) is 64.6 Å². The van der Waals surface area contributed by atoms with Crippen LogP contribution in [0.5, 0.6) is 0 Å². The van der Waals surface area contributed by atoms with Crippen molar-refractivity contribution in [2.75, 3.05) is 19.6 Å². The van der Waals surface area contributed by atoms with Gasteiger partial charge in [0.25, 0.3) is 0 Å². The minimum absolute atomic E-state index is 0.00601. The molecule has 1 atom stereocenters. The lowest BCUT2D eigenvalue weighted by atomic mass is 9.91. The first-order chi connectivity index (χ1) is 10.9. The van der Waals surface area contributed by atoms with Crippen LogP contribution >= 0.6 is 0 Å². The molecule has 1 unspecified atom stereocenters. The number of nitrogens with zero attached hydrogens (tertiary/aromatic N) is 1. The molecule has 0 bridgehead atoms. The van der Waals surface area contributed by atoms with E-state index in [9.17, 15) is 9.90 Å². The molecule has 5 heteroatoms. The molecule has 1 heterocycles. The zero-order valence-electron chi connectivity index (χ0n) is 15.1. The van der Waals surface area contributed by atoms with Crippen LogP contribution in [0.2, 0.25) is 0 Å². The molecule has 0 aromatic carbocycles. The van der Waals surface area contributed by atoms with E-state index in [1.165, 1.54) is 19.3 Å². The fourth-order valence-electron chi connectivity index (χ4n) is 3.81. The summed E-state index contributed by atoms with van der Waals surface area (Å²) in [5, 5.41) is 15.6. The van der Waals surface area contributed by atoms with Gasteiger partial charge in [-0.1, -0.05) is 13.3 Å². The number of aliphatic hydroxyl groups is 1. The largest absolute Gasteiger partial charge is 0.393 e. The van der Waals surface area contributed by atoms with Crippen LogP contribution < -0.4 is 10.6 Å². The first kappa shape index (κ1) is 18.5. The van der Waals surface area contributed by atoms with Gasteiger partial charge in [-0.2, -0.15) is 0 Å². The van der Waals surface area contributed by atoms with E-state index in [2.05, 4.69) is 36.3 Å². The van der Waals surface area contributed by atoms with Crippen molar-refractivity contribution < 1.29 is 9.90 Å². The molecule has 0 radical (unpaired) electrons. The first-order valence-electron chi connectivity index (χ1n) is 9.38. The van der Waals surface area contributed by atoms with Crippen molar-refractivity contribution in [3.8, 4) is 0 Å². The van der Waals surface area contributed by atoms with E-state index in [4.69, 9.17) is 0 Å². The van der Waals surface area contributed by atoms with Gasteiger partial charge >= 0.3 is 6.03 Å². The average molecular weight is 325 g/mol. The van der Waals surface area contributed by atoms with Crippen LogP contribution in [0.25, 0.3) is 0 Å². The van der Waals surface area contributed by atoms with Gasteiger partial charge < -0.3 is 15.7 Å². The summed E-state index contributed by atoms with van der Waals surface area (Å²) in [6.45, 7) is 9.67. The molecule has 0 spiro atoms. The van der Waals surface area contributed by atoms with E-state index >= 15 is 0 Å². The Hall–Kier alpha value is -0.810. The van der Waals surface area contributed by atoms with Gasteiger partial charge in [0, 0.05) is 24.7 Å². The van der Waals surface area contributed by atoms with Crippen molar-refractivity contribution in [1.82, 2.24) is 15.5 Å². The molecule has 23 heavy (non-hydrogen) atoms. The van der Waals surface area contributed by atoms with Gasteiger partial charge in [0.1, 0.15) is 0 Å². The molecule has 2 rings (SSSR count). The van der Waals surface area contributed by atoms with Gasteiger partial charge in [-0.3, -0.25) is 4.90 Å². The Labute approximate surface area is 141 Å². The molecule has 0 aromatic rings. The highest BCUT2D eigenvalue weighted by Crippen LogP contribution is 2.25. The fourth-order valence-corrected chi connectivity index (χ4v) is 3.81. The standard InChI is InChI=1S/C18H35N3O2/c1-4-14-6-5-11-21(12-14)18(2,3)13-19-17(23)20-15-7-9-16(22)10-8-15/h14-16,22H,4-13H2,1-3H3,(H2,19,20,23). The normalized spacial score (nSPS) is 30.0. The predicted molar refractivity (Wildman–Crippen MR) is 93.5 cm³/mol. The van der Waals surface area contributed by atoms with Gasteiger partial charge in [0.05, 0.1) is 6.10 Å². The Morgan fingerprint density at radius 1 is 1.22 bits per heavy atom. The number of piperidine rings is 1. The smallest absolute Gasteiger partial charge is 0.315 e. The highest BCUT2D eigenvalue weighted by molar-refractivity contribution is 5.74. The summed E-state index contributed by atoms with van der Waals surface area (Å²) >= 11 is 0. The molecule has 1 aliphatic heterocycles. The molecular weight excluding hydrogens is 290 g/mol. The first-order valence-corrected chi connectivity index (χ1v) is 9.38. The number of hydrogen-bond donors (Lipinski definition) is 3. The van der Waals surface area contributed by atoms with Crippen molar-refractivity contribution in [3.63, 3.8) is 0 Å². The highest BCUT2D eigenvalue weighted by atomic mass is 16.3. The minimum Gasteiger partial charge on any atom is -0.393 e. The van der Waals surface area contributed by atoms with E-state index in [1.54, 1.807) is 0 Å². The summed E-state index contributed by atoms with van der Waals surface area (Å²) in [4.78, 5) is 14.7. The summed E-state index contributed by atoms with van der Waals surface area (Å²) < 4.78 is 0.